The van der Waals surface area contributed by atoms with E-state index >= 15 is 0 Å². The zero-order valence-electron chi connectivity index (χ0n) is 11.4. The second-order valence-corrected chi connectivity index (χ2v) is 6.95. The second-order valence-electron chi connectivity index (χ2n) is 5.27. The minimum atomic E-state index is -3.97. The van der Waals surface area contributed by atoms with Gasteiger partial charge in [-0.25, -0.2) is 21.9 Å². The highest BCUT2D eigenvalue weighted by atomic mass is 32.2. The first-order chi connectivity index (χ1) is 9.31. The molecule has 0 amide bonds. The fraction of sp³-hybridized carbons (Fsp3) is 0.538. The van der Waals surface area contributed by atoms with E-state index in [0.717, 1.165) is 25.0 Å². The Balaban J connectivity index is 2.31. The van der Waals surface area contributed by atoms with E-state index in [4.69, 9.17) is 0 Å². The molecule has 0 atom stereocenters. The SMILES string of the molecule is CC(C)NS(=O)(=O)c1ccc(F)c(CNC2CC2)c1F. The Hall–Kier alpha value is -1.05. The van der Waals surface area contributed by atoms with Gasteiger partial charge in [-0.1, -0.05) is 0 Å². The molecular formula is C13H18F2N2O2S. The summed E-state index contributed by atoms with van der Waals surface area (Å²) in [6, 6.07) is 1.86. The van der Waals surface area contributed by atoms with Gasteiger partial charge >= 0.3 is 0 Å². The quantitative estimate of drug-likeness (QED) is 0.844. The van der Waals surface area contributed by atoms with Gasteiger partial charge in [-0.3, -0.25) is 0 Å². The molecule has 1 aliphatic rings. The van der Waals surface area contributed by atoms with Crippen LogP contribution in [-0.4, -0.2) is 20.5 Å². The van der Waals surface area contributed by atoms with E-state index in [-0.39, 0.29) is 24.2 Å². The summed E-state index contributed by atoms with van der Waals surface area (Å²) >= 11 is 0. The van der Waals surface area contributed by atoms with Crippen molar-refractivity contribution in [3.8, 4) is 0 Å². The molecule has 1 aromatic carbocycles. The van der Waals surface area contributed by atoms with Crippen molar-refractivity contribution in [3.05, 3.63) is 29.3 Å². The topological polar surface area (TPSA) is 58.2 Å². The van der Waals surface area contributed by atoms with E-state index in [0.29, 0.717) is 0 Å². The molecule has 0 bridgehead atoms. The molecule has 0 aliphatic heterocycles. The van der Waals surface area contributed by atoms with Gasteiger partial charge in [0.25, 0.3) is 0 Å². The maximum absolute atomic E-state index is 14.3. The average Bonchev–Trinajstić information content (AvgIpc) is 3.10. The monoisotopic (exact) mass is 304 g/mol. The summed E-state index contributed by atoms with van der Waals surface area (Å²) in [6.45, 7) is 3.26. The first-order valence-corrected chi connectivity index (χ1v) is 8.02. The molecule has 112 valence electrons. The standard InChI is InChI=1S/C13H18F2N2O2S/c1-8(2)17-20(18,19)12-6-5-11(14)10(13(12)15)7-16-9-3-4-9/h5-6,8-9,16-17H,3-4,7H2,1-2H3. The van der Waals surface area contributed by atoms with Gasteiger partial charge in [-0.05, 0) is 38.8 Å². The molecule has 0 unspecified atom stereocenters. The molecule has 20 heavy (non-hydrogen) atoms. The number of benzene rings is 1. The molecule has 0 saturated heterocycles. The van der Waals surface area contributed by atoms with E-state index in [9.17, 15) is 17.2 Å². The smallest absolute Gasteiger partial charge is 0.243 e. The number of hydrogen-bond acceptors (Lipinski definition) is 3. The van der Waals surface area contributed by atoms with Crippen molar-refractivity contribution in [3.63, 3.8) is 0 Å². The average molecular weight is 304 g/mol. The van der Waals surface area contributed by atoms with Crippen molar-refractivity contribution in [2.45, 2.75) is 50.2 Å². The molecule has 0 spiro atoms. The highest BCUT2D eigenvalue weighted by Crippen LogP contribution is 2.24. The largest absolute Gasteiger partial charge is 0.310 e. The van der Waals surface area contributed by atoms with Gasteiger partial charge in [0.15, 0.2) is 5.82 Å². The third-order valence-corrected chi connectivity index (χ3v) is 4.65. The summed E-state index contributed by atoms with van der Waals surface area (Å²) < 4.78 is 54.2. The van der Waals surface area contributed by atoms with Gasteiger partial charge in [0, 0.05) is 24.2 Å². The van der Waals surface area contributed by atoms with Crippen molar-refractivity contribution in [2.75, 3.05) is 0 Å². The lowest BCUT2D eigenvalue weighted by atomic mass is 10.2. The summed E-state index contributed by atoms with van der Waals surface area (Å²) in [5, 5.41) is 2.98. The van der Waals surface area contributed by atoms with Gasteiger partial charge in [0.2, 0.25) is 10.0 Å². The summed E-state index contributed by atoms with van der Waals surface area (Å²) in [5.74, 6) is -1.76. The highest BCUT2D eigenvalue weighted by molar-refractivity contribution is 7.89. The number of halogens is 2. The fourth-order valence-electron chi connectivity index (χ4n) is 1.85. The van der Waals surface area contributed by atoms with Gasteiger partial charge in [-0.2, -0.15) is 0 Å². The molecule has 1 fully saturated rings. The molecule has 1 aliphatic carbocycles. The summed E-state index contributed by atoms with van der Waals surface area (Å²) in [6.07, 6.45) is 1.96. The minimum absolute atomic E-state index is 0.00658. The zero-order chi connectivity index (χ0) is 14.9. The van der Waals surface area contributed by atoms with Crippen LogP contribution in [0.2, 0.25) is 0 Å². The Morgan fingerprint density at radius 2 is 1.95 bits per heavy atom. The number of nitrogens with one attached hydrogen (secondary N) is 2. The first kappa shape index (κ1) is 15.3. The van der Waals surface area contributed by atoms with Crippen LogP contribution in [0.5, 0.6) is 0 Å². The minimum Gasteiger partial charge on any atom is -0.310 e. The lowest BCUT2D eigenvalue weighted by Gasteiger charge is -2.13. The zero-order valence-corrected chi connectivity index (χ0v) is 12.2. The van der Waals surface area contributed by atoms with Crippen LogP contribution in [0.3, 0.4) is 0 Å². The molecule has 1 aromatic rings. The van der Waals surface area contributed by atoms with Crippen LogP contribution in [0.25, 0.3) is 0 Å². The van der Waals surface area contributed by atoms with Gasteiger partial charge in [-0.15, -0.1) is 0 Å². The predicted octanol–water partition coefficient (Wildman–Crippen LogP) is 1.90. The third kappa shape index (κ3) is 3.53. The molecule has 0 aromatic heterocycles. The van der Waals surface area contributed by atoms with Gasteiger partial charge in [0.05, 0.1) is 0 Å². The maximum atomic E-state index is 14.3. The molecule has 2 rings (SSSR count). The predicted molar refractivity (Wildman–Crippen MR) is 71.7 cm³/mol. The van der Waals surface area contributed by atoms with Crippen LogP contribution in [0.1, 0.15) is 32.3 Å². The summed E-state index contributed by atoms with van der Waals surface area (Å²) in [5.41, 5.74) is -0.233. The van der Waals surface area contributed by atoms with Crippen LogP contribution < -0.4 is 10.0 Å². The number of sulfonamides is 1. The van der Waals surface area contributed by atoms with Crippen LogP contribution in [0.15, 0.2) is 17.0 Å². The fourth-order valence-corrected chi connectivity index (χ4v) is 3.21. The Kier molecular flexibility index (Phi) is 4.41. The van der Waals surface area contributed by atoms with Crippen molar-refractivity contribution in [1.82, 2.24) is 10.0 Å². The Labute approximate surface area is 117 Å². The Bertz CT molecular complexity index is 599. The molecule has 0 heterocycles. The van der Waals surface area contributed by atoms with E-state index in [1.807, 2.05) is 0 Å². The summed E-state index contributed by atoms with van der Waals surface area (Å²) in [7, 11) is -3.97. The molecule has 1 saturated carbocycles. The van der Waals surface area contributed by atoms with Gasteiger partial charge in [0.1, 0.15) is 10.7 Å². The van der Waals surface area contributed by atoms with Crippen molar-refractivity contribution in [2.24, 2.45) is 0 Å². The maximum Gasteiger partial charge on any atom is 0.243 e. The number of hydrogen-bond donors (Lipinski definition) is 2. The van der Waals surface area contributed by atoms with Crippen molar-refractivity contribution >= 4 is 10.0 Å². The molecule has 4 nitrogen and oxygen atoms in total. The first-order valence-electron chi connectivity index (χ1n) is 6.54. The second kappa shape index (κ2) is 5.75. The molecule has 2 N–H and O–H groups in total. The van der Waals surface area contributed by atoms with E-state index in [1.165, 1.54) is 0 Å². The number of rotatable bonds is 6. The lowest BCUT2D eigenvalue weighted by Crippen LogP contribution is -2.31. The van der Waals surface area contributed by atoms with Crippen LogP contribution in [0.4, 0.5) is 8.78 Å². The molecule has 0 radical (unpaired) electrons. The molecule has 7 heteroatoms. The molecular weight excluding hydrogens is 286 g/mol. The Morgan fingerprint density at radius 3 is 2.50 bits per heavy atom. The van der Waals surface area contributed by atoms with E-state index in [1.54, 1.807) is 13.8 Å². The third-order valence-electron chi connectivity index (χ3n) is 2.98. The van der Waals surface area contributed by atoms with Crippen molar-refractivity contribution in [1.29, 1.82) is 0 Å². The van der Waals surface area contributed by atoms with Crippen LogP contribution in [0, 0.1) is 11.6 Å². The van der Waals surface area contributed by atoms with Crippen LogP contribution >= 0.6 is 0 Å². The van der Waals surface area contributed by atoms with E-state index in [2.05, 4.69) is 10.0 Å². The Morgan fingerprint density at radius 1 is 1.30 bits per heavy atom. The lowest BCUT2D eigenvalue weighted by molar-refractivity contribution is 0.509. The van der Waals surface area contributed by atoms with Gasteiger partial charge < -0.3 is 5.32 Å². The highest BCUT2D eigenvalue weighted by Gasteiger charge is 2.26. The summed E-state index contributed by atoms with van der Waals surface area (Å²) in [4.78, 5) is -0.514. The van der Waals surface area contributed by atoms with Crippen LogP contribution in [-0.2, 0) is 16.6 Å². The van der Waals surface area contributed by atoms with E-state index < -0.39 is 26.6 Å². The normalized spacial score (nSPS) is 15.8. The van der Waals surface area contributed by atoms with Crippen molar-refractivity contribution < 1.29 is 17.2 Å².